The molecule has 1 aromatic rings. The summed E-state index contributed by atoms with van der Waals surface area (Å²) in [7, 11) is 4.00. The van der Waals surface area contributed by atoms with Crippen molar-refractivity contribution in [1.82, 2.24) is 9.80 Å². The number of likely N-dealkylation sites (tertiary alicyclic amines) is 1. The number of carbonyl (C=O) groups excluding carboxylic acids is 1. The Morgan fingerprint density at radius 2 is 2.00 bits per heavy atom. The number of hydrogen-bond acceptors (Lipinski definition) is 2. The summed E-state index contributed by atoms with van der Waals surface area (Å²) in [6.07, 6.45) is 0. The van der Waals surface area contributed by atoms with Crippen LogP contribution in [0.2, 0.25) is 0 Å². The third-order valence-electron chi connectivity index (χ3n) is 4.31. The minimum atomic E-state index is -0.767. The van der Waals surface area contributed by atoms with E-state index in [0.29, 0.717) is 24.9 Å². The maximum Gasteiger partial charge on any atom is 0.321 e. The number of halogens is 2. The molecule has 1 saturated heterocycles. The molecule has 22 heavy (non-hydrogen) atoms. The lowest BCUT2D eigenvalue weighted by molar-refractivity contribution is 0.212. The van der Waals surface area contributed by atoms with Crippen LogP contribution in [0.15, 0.2) is 18.2 Å². The van der Waals surface area contributed by atoms with Crippen molar-refractivity contribution in [2.45, 2.75) is 19.9 Å². The first-order chi connectivity index (χ1) is 10.3. The van der Waals surface area contributed by atoms with Gasteiger partial charge in [-0.3, -0.25) is 0 Å². The number of hydrogen-bond donors (Lipinski definition) is 1. The Kier molecular flexibility index (Phi) is 5.01. The molecule has 2 rings (SSSR count). The first kappa shape index (κ1) is 16.7. The van der Waals surface area contributed by atoms with Crippen molar-refractivity contribution in [2.24, 2.45) is 11.8 Å². The highest BCUT2D eigenvalue weighted by molar-refractivity contribution is 5.89. The monoisotopic (exact) mass is 311 g/mol. The van der Waals surface area contributed by atoms with E-state index in [2.05, 4.69) is 24.1 Å². The van der Waals surface area contributed by atoms with Gasteiger partial charge in [0.05, 0.1) is 5.69 Å². The summed E-state index contributed by atoms with van der Waals surface area (Å²) >= 11 is 0. The maximum absolute atomic E-state index is 13.6. The van der Waals surface area contributed by atoms with E-state index >= 15 is 0 Å². The van der Waals surface area contributed by atoms with Crippen LogP contribution >= 0.6 is 0 Å². The second-order valence-corrected chi connectivity index (χ2v) is 6.40. The van der Waals surface area contributed by atoms with Gasteiger partial charge in [0.25, 0.3) is 0 Å². The van der Waals surface area contributed by atoms with Gasteiger partial charge in [-0.25, -0.2) is 13.6 Å². The molecular formula is C16H23F2N3O. The Morgan fingerprint density at radius 1 is 1.32 bits per heavy atom. The second-order valence-electron chi connectivity index (χ2n) is 6.40. The summed E-state index contributed by atoms with van der Waals surface area (Å²) in [6, 6.07) is 3.06. The first-order valence-electron chi connectivity index (χ1n) is 7.47. The SMILES string of the molecule is CC(C)C1CN(C(=O)Nc2ccc(F)cc2F)CC1N(C)C. The van der Waals surface area contributed by atoms with Crippen molar-refractivity contribution in [1.29, 1.82) is 0 Å². The van der Waals surface area contributed by atoms with Gasteiger partial charge >= 0.3 is 6.03 Å². The van der Waals surface area contributed by atoms with E-state index in [4.69, 9.17) is 0 Å². The van der Waals surface area contributed by atoms with Crippen LogP contribution in [0.4, 0.5) is 19.3 Å². The molecule has 1 heterocycles. The highest BCUT2D eigenvalue weighted by Crippen LogP contribution is 2.28. The molecule has 0 spiro atoms. The molecule has 0 bridgehead atoms. The van der Waals surface area contributed by atoms with Crippen molar-refractivity contribution < 1.29 is 13.6 Å². The van der Waals surface area contributed by atoms with Crippen LogP contribution in [0.5, 0.6) is 0 Å². The van der Waals surface area contributed by atoms with Crippen LogP contribution in [-0.4, -0.2) is 49.1 Å². The highest BCUT2D eigenvalue weighted by Gasteiger charge is 2.38. The van der Waals surface area contributed by atoms with Gasteiger partial charge in [0, 0.05) is 25.2 Å². The number of amides is 2. The molecule has 1 fully saturated rings. The van der Waals surface area contributed by atoms with Crippen molar-refractivity contribution >= 4 is 11.7 Å². The van der Waals surface area contributed by atoms with Crippen LogP contribution in [0.1, 0.15) is 13.8 Å². The molecule has 1 N–H and O–H groups in total. The number of nitrogens with one attached hydrogen (secondary N) is 1. The van der Waals surface area contributed by atoms with Crippen molar-refractivity contribution in [2.75, 3.05) is 32.5 Å². The van der Waals surface area contributed by atoms with Crippen LogP contribution in [-0.2, 0) is 0 Å². The zero-order valence-corrected chi connectivity index (χ0v) is 13.4. The van der Waals surface area contributed by atoms with Crippen LogP contribution in [0.3, 0.4) is 0 Å². The number of rotatable bonds is 3. The van der Waals surface area contributed by atoms with Gasteiger partial charge in [0.15, 0.2) is 0 Å². The van der Waals surface area contributed by atoms with Gasteiger partial charge in [-0.05, 0) is 38.1 Å². The smallest absolute Gasteiger partial charge is 0.321 e. The summed E-state index contributed by atoms with van der Waals surface area (Å²) in [5, 5.41) is 2.53. The Morgan fingerprint density at radius 3 is 2.50 bits per heavy atom. The summed E-state index contributed by atoms with van der Waals surface area (Å²) in [6.45, 7) is 5.52. The van der Waals surface area contributed by atoms with E-state index in [9.17, 15) is 13.6 Å². The predicted molar refractivity (Wildman–Crippen MR) is 82.8 cm³/mol. The zero-order chi connectivity index (χ0) is 16.4. The standard InChI is InChI=1S/C16H23F2N3O/c1-10(2)12-8-21(9-15(12)20(3)4)16(22)19-14-6-5-11(17)7-13(14)18/h5-7,10,12,15H,8-9H2,1-4H3,(H,19,22). The molecule has 122 valence electrons. The second kappa shape index (κ2) is 6.60. The van der Waals surface area contributed by atoms with E-state index in [1.165, 1.54) is 6.07 Å². The average Bonchev–Trinajstić information content (AvgIpc) is 2.87. The Balaban J connectivity index is 2.07. The molecule has 1 aliphatic rings. The van der Waals surface area contributed by atoms with Crippen LogP contribution in [0.25, 0.3) is 0 Å². The summed E-state index contributed by atoms with van der Waals surface area (Å²) in [4.78, 5) is 16.1. The van der Waals surface area contributed by atoms with Gasteiger partial charge in [0.1, 0.15) is 11.6 Å². The van der Waals surface area contributed by atoms with Gasteiger partial charge in [0.2, 0.25) is 0 Å². The van der Waals surface area contributed by atoms with E-state index in [0.717, 1.165) is 12.1 Å². The number of likely N-dealkylation sites (N-methyl/N-ethyl adjacent to an activating group) is 1. The lowest BCUT2D eigenvalue weighted by Crippen LogP contribution is -2.38. The topological polar surface area (TPSA) is 35.6 Å². The molecular weight excluding hydrogens is 288 g/mol. The highest BCUT2D eigenvalue weighted by atomic mass is 19.1. The minimum Gasteiger partial charge on any atom is -0.323 e. The van der Waals surface area contributed by atoms with Gasteiger partial charge in [-0.2, -0.15) is 0 Å². The third kappa shape index (κ3) is 3.55. The minimum absolute atomic E-state index is 0.000741. The molecule has 1 aromatic carbocycles. The summed E-state index contributed by atoms with van der Waals surface area (Å²) in [5.74, 6) is -0.604. The number of benzene rings is 1. The molecule has 6 heteroatoms. The lowest BCUT2D eigenvalue weighted by Gasteiger charge is -2.27. The molecule has 0 aromatic heterocycles. The Hall–Kier alpha value is -1.69. The van der Waals surface area contributed by atoms with Gasteiger partial charge in [-0.1, -0.05) is 13.8 Å². The Labute approximate surface area is 130 Å². The number of nitrogens with zero attached hydrogens (tertiary/aromatic N) is 2. The largest absolute Gasteiger partial charge is 0.323 e. The van der Waals surface area contributed by atoms with E-state index < -0.39 is 11.6 Å². The zero-order valence-electron chi connectivity index (χ0n) is 13.4. The molecule has 2 unspecified atom stereocenters. The number of carbonyl (C=O) groups is 1. The summed E-state index contributed by atoms with van der Waals surface area (Å²) < 4.78 is 26.5. The molecule has 4 nitrogen and oxygen atoms in total. The first-order valence-corrected chi connectivity index (χ1v) is 7.47. The van der Waals surface area contributed by atoms with Gasteiger partial charge < -0.3 is 15.1 Å². The summed E-state index contributed by atoms with van der Waals surface area (Å²) in [5.41, 5.74) is 0.000741. The predicted octanol–water partition coefficient (Wildman–Crippen LogP) is 3.01. The van der Waals surface area contributed by atoms with Crippen molar-refractivity contribution in [3.8, 4) is 0 Å². The number of anilines is 1. The van der Waals surface area contributed by atoms with Crippen LogP contribution in [0, 0.1) is 23.5 Å². The molecule has 0 radical (unpaired) electrons. The molecule has 0 saturated carbocycles. The fourth-order valence-electron chi connectivity index (χ4n) is 2.96. The van der Waals surface area contributed by atoms with Crippen molar-refractivity contribution in [3.63, 3.8) is 0 Å². The average molecular weight is 311 g/mol. The quantitative estimate of drug-likeness (QED) is 0.931. The molecule has 2 atom stereocenters. The normalized spacial score (nSPS) is 21.7. The van der Waals surface area contributed by atoms with Gasteiger partial charge in [-0.15, -0.1) is 0 Å². The van der Waals surface area contributed by atoms with E-state index in [1.807, 2.05) is 14.1 Å². The van der Waals surface area contributed by atoms with E-state index in [-0.39, 0.29) is 17.8 Å². The van der Waals surface area contributed by atoms with Crippen molar-refractivity contribution in [3.05, 3.63) is 29.8 Å². The van der Waals surface area contributed by atoms with E-state index in [1.54, 1.807) is 4.90 Å². The molecule has 1 aliphatic heterocycles. The lowest BCUT2D eigenvalue weighted by atomic mass is 9.91. The fraction of sp³-hybridized carbons (Fsp3) is 0.562. The molecule has 0 aliphatic carbocycles. The number of urea groups is 1. The molecule has 2 amide bonds. The maximum atomic E-state index is 13.6. The third-order valence-corrected chi connectivity index (χ3v) is 4.31. The Bertz CT molecular complexity index is 532. The van der Waals surface area contributed by atoms with Crippen LogP contribution < -0.4 is 5.32 Å². The fourth-order valence-corrected chi connectivity index (χ4v) is 2.96.